The van der Waals surface area contributed by atoms with Crippen molar-refractivity contribution in [3.63, 3.8) is 0 Å². The third kappa shape index (κ3) is 5.13. The van der Waals surface area contributed by atoms with Crippen LogP contribution in [0.25, 0.3) is 10.9 Å². The van der Waals surface area contributed by atoms with Crippen LogP contribution >= 0.6 is 0 Å². The van der Waals surface area contributed by atoms with E-state index < -0.39 is 12.0 Å². The molecule has 0 aliphatic heterocycles. The molecule has 6 heteroatoms. The van der Waals surface area contributed by atoms with Gasteiger partial charge in [-0.2, -0.15) is 0 Å². The molecular weight excluding hydrogens is 512 g/mol. The van der Waals surface area contributed by atoms with Crippen LogP contribution in [0.15, 0.2) is 30.5 Å². The summed E-state index contributed by atoms with van der Waals surface area (Å²) in [5.74, 6) is 2.72. The Bertz CT molecular complexity index is 1270. The number of ether oxygens (including phenoxy) is 1. The number of carboxylic acids is 1. The minimum atomic E-state index is -0.654. The van der Waals surface area contributed by atoms with E-state index in [1.165, 1.54) is 49.5 Å². The van der Waals surface area contributed by atoms with E-state index in [-0.39, 0.29) is 23.4 Å². The molecule has 1 aromatic heterocycles. The zero-order valence-electron chi connectivity index (χ0n) is 25.2. The van der Waals surface area contributed by atoms with Gasteiger partial charge in [-0.05, 0) is 129 Å². The van der Waals surface area contributed by atoms with Crippen molar-refractivity contribution in [2.75, 3.05) is 0 Å². The first-order valence-electron chi connectivity index (χ1n) is 16.3. The van der Waals surface area contributed by atoms with Gasteiger partial charge in [0.1, 0.15) is 12.1 Å². The van der Waals surface area contributed by atoms with E-state index in [0.717, 1.165) is 49.0 Å². The average molecular weight is 563 g/mol. The number of aromatic nitrogens is 1. The molecule has 4 aliphatic carbocycles. The molecule has 6 rings (SSSR count). The number of nitrogens with one attached hydrogen (secondary N) is 1. The van der Waals surface area contributed by atoms with Gasteiger partial charge in [0.05, 0.1) is 0 Å². The van der Waals surface area contributed by atoms with E-state index >= 15 is 0 Å². The predicted octanol–water partition coefficient (Wildman–Crippen LogP) is 7.11. The van der Waals surface area contributed by atoms with Crippen molar-refractivity contribution in [2.45, 2.75) is 110 Å². The Kier molecular flexibility index (Phi) is 7.76. The average Bonchev–Trinajstić information content (AvgIpc) is 3.52. The number of aryl methyl sites for hydroxylation is 1. The lowest BCUT2D eigenvalue weighted by molar-refractivity contribution is -0.164. The highest BCUT2D eigenvalue weighted by molar-refractivity contribution is 5.83. The van der Waals surface area contributed by atoms with Crippen LogP contribution in [0, 0.1) is 46.3 Å². The molecule has 0 bridgehead atoms. The molecule has 224 valence electrons. The quantitative estimate of drug-likeness (QED) is 0.297. The number of nitrogens with two attached hydrogens (primary N) is 1. The van der Waals surface area contributed by atoms with Crippen molar-refractivity contribution in [3.05, 3.63) is 36.0 Å². The fourth-order valence-electron chi connectivity index (χ4n) is 10.7. The van der Waals surface area contributed by atoms with Crippen molar-refractivity contribution in [1.29, 1.82) is 0 Å². The maximum Gasteiger partial charge on any atom is 0.323 e. The highest BCUT2D eigenvalue weighted by Crippen LogP contribution is 2.68. The first-order valence-corrected chi connectivity index (χ1v) is 16.3. The van der Waals surface area contributed by atoms with E-state index in [4.69, 9.17) is 10.5 Å². The monoisotopic (exact) mass is 562 g/mol. The van der Waals surface area contributed by atoms with Crippen molar-refractivity contribution in [2.24, 2.45) is 52.1 Å². The molecule has 2 aromatic rings. The van der Waals surface area contributed by atoms with Gasteiger partial charge >= 0.3 is 11.9 Å². The van der Waals surface area contributed by atoms with Crippen molar-refractivity contribution >= 4 is 22.8 Å². The molecule has 4 saturated carbocycles. The molecule has 0 radical (unpaired) electrons. The molecule has 10 atom stereocenters. The summed E-state index contributed by atoms with van der Waals surface area (Å²) < 4.78 is 6.08. The molecule has 0 spiro atoms. The number of H-pyrrole nitrogens is 1. The molecule has 1 unspecified atom stereocenters. The Hall–Kier alpha value is -2.34. The molecule has 41 heavy (non-hydrogen) atoms. The third-order valence-electron chi connectivity index (χ3n) is 12.9. The number of aliphatic carboxylic acids is 1. The fourth-order valence-corrected chi connectivity index (χ4v) is 10.7. The molecule has 4 aliphatic rings. The number of carbonyl (C=O) groups is 2. The van der Waals surface area contributed by atoms with Crippen molar-refractivity contribution in [1.82, 2.24) is 4.98 Å². The minimum Gasteiger partial charge on any atom is -0.481 e. The minimum absolute atomic E-state index is 0.0159. The van der Waals surface area contributed by atoms with Gasteiger partial charge in [-0.1, -0.05) is 39.0 Å². The van der Waals surface area contributed by atoms with Gasteiger partial charge in [-0.25, -0.2) is 0 Å². The number of hydrogen-bond donors (Lipinski definition) is 3. The number of fused-ring (bicyclic) bond motifs is 6. The topological polar surface area (TPSA) is 105 Å². The Morgan fingerprint density at radius 2 is 1.80 bits per heavy atom. The largest absolute Gasteiger partial charge is 0.481 e. The second-order valence-electron chi connectivity index (χ2n) is 14.8. The molecule has 6 nitrogen and oxygen atoms in total. The van der Waals surface area contributed by atoms with E-state index in [2.05, 4.69) is 37.9 Å². The van der Waals surface area contributed by atoms with Crippen LogP contribution in [-0.4, -0.2) is 34.2 Å². The summed E-state index contributed by atoms with van der Waals surface area (Å²) in [6, 6.07) is 7.64. The number of carboxylic acid groups (broad SMARTS) is 1. The first-order chi connectivity index (χ1) is 19.6. The zero-order valence-corrected chi connectivity index (χ0v) is 25.2. The van der Waals surface area contributed by atoms with Gasteiger partial charge in [0.25, 0.3) is 0 Å². The molecule has 4 N–H and O–H groups in total. The van der Waals surface area contributed by atoms with Crippen LogP contribution in [0.1, 0.15) is 97.0 Å². The van der Waals surface area contributed by atoms with Crippen molar-refractivity contribution in [3.8, 4) is 0 Å². The second kappa shape index (κ2) is 11.1. The van der Waals surface area contributed by atoms with Crippen LogP contribution in [0.2, 0.25) is 0 Å². The molecule has 0 saturated heterocycles. The van der Waals surface area contributed by atoms with E-state index in [1.807, 2.05) is 18.3 Å². The lowest BCUT2D eigenvalue weighted by Gasteiger charge is -2.61. The fraction of sp³-hybridized carbons (Fsp3) is 0.714. The Morgan fingerprint density at radius 3 is 2.61 bits per heavy atom. The SMILES string of the molecule is C[C@H](CC(=O)O)C1CC[C@H]2[C@@H]3CC[C@@H]4C[C@H](OC(=O)[C@@H](N)CCc5c[nH]c6ccccc56)CC[C@]4(C)[C@H]3CC[C@]12C. The molecule has 1 aromatic carbocycles. The van der Waals surface area contributed by atoms with Crippen LogP contribution in [-0.2, 0) is 20.7 Å². The highest BCUT2D eigenvalue weighted by Gasteiger charge is 2.60. The van der Waals surface area contributed by atoms with Crippen LogP contribution in [0.3, 0.4) is 0 Å². The summed E-state index contributed by atoms with van der Waals surface area (Å²) in [7, 11) is 0. The lowest BCUT2D eigenvalue weighted by Crippen LogP contribution is -2.54. The van der Waals surface area contributed by atoms with Crippen LogP contribution in [0.5, 0.6) is 0 Å². The van der Waals surface area contributed by atoms with Gasteiger partial charge < -0.3 is 20.6 Å². The molecule has 4 fully saturated rings. The van der Waals surface area contributed by atoms with Gasteiger partial charge in [0.15, 0.2) is 0 Å². The summed E-state index contributed by atoms with van der Waals surface area (Å²) in [4.78, 5) is 27.8. The van der Waals surface area contributed by atoms with Gasteiger partial charge in [0, 0.05) is 23.5 Å². The number of rotatable bonds is 8. The number of aromatic amines is 1. The summed E-state index contributed by atoms with van der Waals surface area (Å²) in [5, 5.41) is 10.6. The Balaban J connectivity index is 1.04. The molecular formula is C35H50N2O4. The summed E-state index contributed by atoms with van der Waals surface area (Å²) in [6.45, 7) is 7.21. The molecule has 1 heterocycles. The number of carbonyl (C=O) groups excluding carboxylic acids is 1. The van der Waals surface area contributed by atoms with Crippen LogP contribution in [0.4, 0.5) is 0 Å². The highest BCUT2D eigenvalue weighted by atomic mass is 16.5. The van der Waals surface area contributed by atoms with Gasteiger partial charge in [-0.3, -0.25) is 9.59 Å². The Labute approximate surface area is 245 Å². The van der Waals surface area contributed by atoms with E-state index in [0.29, 0.717) is 30.1 Å². The Morgan fingerprint density at radius 1 is 1.05 bits per heavy atom. The number of benzene rings is 1. The summed E-state index contributed by atoms with van der Waals surface area (Å²) >= 11 is 0. The summed E-state index contributed by atoms with van der Waals surface area (Å²) in [6.07, 6.45) is 14.2. The maximum absolute atomic E-state index is 13.0. The summed E-state index contributed by atoms with van der Waals surface area (Å²) in [5.41, 5.74) is 9.25. The third-order valence-corrected chi connectivity index (χ3v) is 12.9. The zero-order chi connectivity index (χ0) is 28.9. The number of hydrogen-bond acceptors (Lipinski definition) is 4. The van der Waals surface area contributed by atoms with Gasteiger partial charge in [-0.15, -0.1) is 0 Å². The number of para-hydroxylation sites is 1. The van der Waals surface area contributed by atoms with Gasteiger partial charge in [0.2, 0.25) is 0 Å². The number of esters is 1. The first kappa shape index (κ1) is 28.8. The van der Waals surface area contributed by atoms with Crippen molar-refractivity contribution < 1.29 is 19.4 Å². The lowest BCUT2D eigenvalue weighted by atomic mass is 9.44. The maximum atomic E-state index is 13.0. The van der Waals surface area contributed by atoms with Crippen LogP contribution < -0.4 is 5.73 Å². The molecule has 0 amide bonds. The predicted molar refractivity (Wildman–Crippen MR) is 161 cm³/mol. The second-order valence-corrected chi connectivity index (χ2v) is 14.8. The standard InChI is InChI=1S/C35H50N2O4/c1-21(18-32(38)39)27-11-12-28-26-10-9-23-19-24(14-16-34(23,2)29(26)15-17-35(27,28)3)41-33(40)30(36)13-8-22-20-37-31-7-5-4-6-25(22)31/h4-7,20-21,23-24,26-30,37H,8-19,36H2,1-3H3,(H,38,39)/t21-,23-,24-,26+,27?,28+,29+,30+,34+,35-/m1/s1. The van der Waals surface area contributed by atoms with E-state index in [9.17, 15) is 14.7 Å². The smallest absolute Gasteiger partial charge is 0.323 e. The normalized spacial score (nSPS) is 38.0. The van der Waals surface area contributed by atoms with E-state index in [1.54, 1.807) is 0 Å².